The number of carbonyl (C=O) groups is 2. The van der Waals surface area contributed by atoms with Crippen LogP contribution in [0.1, 0.15) is 24.8 Å². The molecule has 0 unspecified atom stereocenters. The highest BCUT2D eigenvalue weighted by Crippen LogP contribution is 2.37. The van der Waals surface area contributed by atoms with Crippen molar-refractivity contribution in [2.45, 2.75) is 30.8 Å². The van der Waals surface area contributed by atoms with Crippen molar-refractivity contribution in [3.63, 3.8) is 0 Å². The number of ether oxygens (including phenoxy) is 2. The third-order valence-electron chi connectivity index (χ3n) is 4.98. The lowest BCUT2D eigenvalue weighted by atomic mass is 9.73. The number of hydrogen-bond donors (Lipinski definition) is 1. The number of morpholine rings is 1. The number of benzene rings is 1. The number of rotatable bonds is 4. The number of amides is 1. The molecule has 3 rings (SSSR count). The summed E-state index contributed by atoms with van der Waals surface area (Å²) in [5.41, 5.74) is 0.292. The summed E-state index contributed by atoms with van der Waals surface area (Å²) in [4.78, 5) is 26.1. The SMILES string of the molecule is O=C(O)C[C@H]1CN(C(=O)C2(c3ccc(Cl)cc3)CCOCC2)CCO1. The first-order valence-corrected chi connectivity index (χ1v) is 8.86. The molecule has 7 heteroatoms. The maximum atomic E-state index is 13.4. The number of halogens is 1. The van der Waals surface area contributed by atoms with Gasteiger partial charge in [0.15, 0.2) is 0 Å². The Morgan fingerprint density at radius 2 is 1.88 bits per heavy atom. The number of aliphatic carboxylic acids is 1. The van der Waals surface area contributed by atoms with Crippen LogP contribution >= 0.6 is 11.6 Å². The minimum atomic E-state index is -0.919. The van der Waals surface area contributed by atoms with Gasteiger partial charge in [0.1, 0.15) is 0 Å². The van der Waals surface area contributed by atoms with Crippen LogP contribution in [0, 0.1) is 0 Å². The van der Waals surface area contributed by atoms with E-state index in [9.17, 15) is 9.59 Å². The molecule has 0 saturated carbocycles. The first kappa shape index (κ1) is 18.2. The third kappa shape index (κ3) is 3.97. The van der Waals surface area contributed by atoms with Gasteiger partial charge in [-0.05, 0) is 30.5 Å². The van der Waals surface area contributed by atoms with Crippen LogP contribution in [0.15, 0.2) is 24.3 Å². The average Bonchev–Trinajstić information content (AvgIpc) is 2.62. The molecule has 1 amide bonds. The Hall–Kier alpha value is -1.63. The van der Waals surface area contributed by atoms with Crippen molar-refractivity contribution in [2.24, 2.45) is 0 Å². The molecule has 1 aromatic carbocycles. The molecule has 1 atom stereocenters. The molecule has 2 fully saturated rings. The van der Waals surface area contributed by atoms with Crippen LogP contribution in [0.25, 0.3) is 0 Å². The van der Waals surface area contributed by atoms with Gasteiger partial charge in [-0.15, -0.1) is 0 Å². The van der Waals surface area contributed by atoms with Gasteiger partial charge in [0.25, 0.3) is 0 Å². The van der Waals surface area contributed by atoms with Crippen molar-refractivity contribution < 1.29 is 24.2 Å². The Morgan fingerprint density at radius 1 is 1.20 bits per heavy atom. The van der Waals surface area contributed by atoms with E-state index in [0.29, 0.717) is 50.8 Å². The second-order valence-electron chi connectivity index (χ2n) is 6.54. The fraction of sp³-hybridized carbons (Fsp3) is 0.556. The summed E-state index contributed by atoms with van der Waals surface area (Å²) in [6.07, 6.45) is 0.654. The van der Waals surface area contributed by atoms with E-state index in [1.54, 1.807) is 17.0 Å². The van der Waals surface area contributed by atoms with Crippen LogP contribution < -0.4 is 0 Å². The summed E-state index contributed by atoms with van der Waals surface area (Å²) >= 11 is 6.00. The highest BCUT2D eigenvalue weighted by Gasteiger charge is 2.45. The van der Waals surface area contributed by atoms with Crippen molar-refractivity contribution in [3.05, 3.63) is 34.9 Å². The van der Waals surface area contributed by atoms with E-state index < -0.39 is 17.5 Å². The summed E-state index contributed by atoms with van der Waals surface area (Å²) in [6, 6.07) is 7.41. The zero-order valence-electron chi connectivity index (χ0n) is 13.9. The lowest BCUT2D eigenvalue weighted by molar-refractivity contribution is -0.153. The number of carboxylic acids is 1. The van der Waals surface area contributed by atoms with Gasteiger partial charge in [0.05, 0.1) is 24.5 Å². The molecule has 25 heavy (non-hydrogen) atoms. The van der Waals surface area contributed by atoms with Crippen molar-refractivity contribution in [1.82, 2.24) is 4.90 Å². The molecule has 6 nitrogen and oxygen atoms in total. The Morgan fingerprint density at radius 3 is 2.52 bits per heavy atom. The number of carboxylic acid groups (broad SMARTS) is 1. The Balaban J connectivity index is 1.84. The van der Waals surface area contributed by atoms with E-state index in [1.165, 1.54) is 0 Å². The van der Waals surface area contributed by atoms with E-state index in [0.717, 1.165) is 5.56 Å². The highest BCUT2D eigenvalue weighted by molar-refractivity contribution is 6.30. The van der Waals surface area contributed by atoms with E-state index in [1.807, 2.05) is 12.1 Å². The standard InChI is InChI=1S/C18H22ClNO5/c19-14-3-1-13(2-4-14)18(5-8-24-9-6-18)17(23)20-7-10-25-15(12-20)11-16(21)22/h1-4,15H,5-12H2,(H,21,22)/t15-/m0/s1. The maximum absolute atomic E-state index is 13.4. The molecule has 0 spiro atoms. The van der Waals surface area contributed by atoms with E-state index in [2.05, 4.69) is 0 Å². The summed E-state index contributed by atoms with van der Waals surface area (Å²) in [7, 11) is 0. The van der Waals surface area contributed by atoms with Crippen LogP contribution in [0.4, 0.5) is 0 Å². The second kappa shape index (κ2) is 7.72. The first-order chi connectivity index (χ1) is 12.0. The molecule has 0 radical (unpaired) electrons. The van der Waals surface area contributed by atoms with Crippen LogP contribution in [0.2, 0.25) is 5.02 Å². The van der Waals surface area contributed by atoms with Crippen LogP contribution in [-0.4, -0.2) is 60.9 Å². The second-order valence-corrected chi connectivity index (χ2v) is 6.98. The Labute approximate surface area is 151 Å². The molecule has 0 bridgehead atoms. The van der Waals surface area contributed by atoms with Crippen molar-refractivity contribution >= 4 is 23.5 Å². The van der Waals surface area contributed by atoms with Crippen molar-refractivity contribution in [1.29, 1.82) is 0 Å². The van der Waals surface area contributed by atoms with Crippen LogP contribution in [-0.2, 0) is 24.5 Å². The highest BCUT2D eigenvalue weighted by atomic mass is 35.5. The van der Waals surface area contributed by atoms with Gasteiger partial charge >= 0.3 is 5.97 Å². The van der Waals surface area contributed by atoms with Gasteiger partial charge in [-0.25, -0.2) is 0 Å². The van der Waals surface area contributed by atoms with E-state index >= 15 is 0 Å². The van der Waals surface area contributed by atoms with Gasteiger partial charge < -0.3 is 19.5 Å². The Kier molecular flexibility index (Phi) is 5.61. The molecule has 2 heterocycles. The van der Waals surface area contributed by atoms with E-state index in [-0.39, 0.29) is 12.3 Å². The molecular weight excluding hydrogens is 346 g/mol. The van der Waals surface area contributed by atoms with Crippen molar-refractivity contribution in [3.8, 4) is 0 Å². The number of nitrogens with zero attached hydrogens (tertiary/aromatic N) is 1. The van der Waals surface area contributed by atoms with E-state index in [4.69, 9.17) is 26.2 Å². The monoisotopic (exact) mass is 367 g/mol. The quantitative estimate of drug-likeness (QED) is 0.881. The maximum Gasteiger partial charge on any atom is 0.306 e. The molecule has 0 aromatic heterocycles. The third-order valence-corrected chi connectivity index (χ3v) is 5.23. The fourth-order valence-electron chi connectivity index (χ4n) is 3.64. The smallest absolute Gasteiger partial charge is 0.306 e. The lowest BCUT2D eigenvalue weighted by Gasteiger charge is -2.42. The zero-order chi connectivity index (χ0) is 17.9. The summed E-state index contributed by atoms with van der Waals surface area (Å²) < 4.78 is 11.0. The zero-order valence-corrected chi connectivity index (χ0v) is 14.7. The van der Waals surface area contributed by atoms with Crippen molar-refractivity contribution in [2.75, 3.05) is 32.9 Å². The molecule has 2 aliphatic heterocycles. The lowest BCUT2D eigenvalue weighted by Crippen LogP contribution is -2.55. The minimum absolute atomic E-state index is 0.0248. The predicted molar refractivity (Wildman–Crippen MR) is 91.8 cm³/mol. The summed E-state index contributed by atoms with van der Waals surface area (Å²) in [5.74, 6) is -0.894. The molecule has 2 saturated heterocycles. The van der Waals surface area contributed by atoms with Crippen LogP contribution in [0.5, 0.6) is 0 Å². The molecule has 1 aromatic rings. The van der Waals surface area contributed by atoms with Gasteiger partial charge in [-0.2, -0.15) is 0 Å². The molecule has 0 aliphatic carbocycles. The minimum Gasteiger partial charge on any atom is -0.481 e. The van der Waals surface area contributed by atoms with Gasteiger partial charge in [-0.3, -0.25) is 9.59 Å². The summed E-state index contributed by atoms with van der Waals surface area (Å²) in [5, 5.41) is 9.61. The first-order valence-electron chi connectivity index (χ1n) is 8.48. The number of carbonyl (C=O) groups excluding carboxylic acids is 1. The predicted octanol–water partition coefficient (Wildman–Crippen LogP) is 2.09. The summed E-state index contributed by atoms with van der Waals surface area (Å²) in [6.45, 7) is 2.19. The van der Waals surface area contributed by atoms with Crippen LogP contribution in [0.3, 0.4) is 0 Å². The average molecular weight is 368 g/mol. The number of hydrogen-bond acceptors (Lipinski definition) is 4. The van der Waals surface area contributed by atoms with Gasteiger partial charge in [0.2, 0.25) is 5.91 Å². The fourth-order valence-corrected chi connectivity index (χ4v) is 3.77. The molecule has 2 aliphatic rings. The molecule has 136 valence electrons. The largest absolute Gasteiger partial charge is 0.481 e. The Bertz CT molecular complexity index is 627. The normalized spacial score (nSPS) is 23.2. The van der Waals surface area contributed by atoms with Gasteiger partial charge in [-0.1, -0.05) is 23.7 Å². The molecular formula is C18H22ClNO5. The topological polar surface area (TPSA) is 76.1 Å². The molecule has 1 N–H and O–H groups in total. The van der Waals surface area contributed by atoms with Gasteiger partial charge in [0, 0.05) is 31.3 Å².